The van der Waals surface area contributed by atoms with Gasteiger partial charge in [-0.2, -0.15) is 0 Å². The van der Waals surface area contributed by atoms with Crippen LogP contribution in [0.15, 0.2) is 0 Å². The fourth-order valence-electron chi connectivity index (χ4n) is 5.09. The molecule has 2 aliphatic heterocycles. The predicted molar refractivity (Wildman–Crippen MR) is 113 cm³/mol. The Morgan fingerprint density at radius 1 is 0.758 bits per heavy atom. The number of aliphatic hydroxyl groups is 7. The highest BCUT2D eigenvalue weighted by Crippen LogP contribution is 2.38. The highest BCUT2D eigenvalue weighted by Gasteiger charge is 2.51. The summed E-state index contributed by atoms with van der Waals surface area (Å²) < 4.78 is 23.2. The van der Waals surface area contributed by atoms with Crippen molar-refractivity contribution in [2.45, 2.75) is 108 Å². The first-order valence-corrected chi connectivity index (χ1v) is 11.8. The molecule has 0 amide bonds. The van der Waals surface area contributed by atoms with Gasteiger partial charge in [0.2, 0.25) is 0 Å². The molecular formula is C22H40O11. The Labute approximate surface area is 193 Å². The van der Waals surface area contributed by atoms with Gasteiger partial charge in [-0.1, -0.05) is 27.2 Å². The average molecular weight is 481 g/mol. The largest absolute Gasteiger partial charge is 0.394 e. The predicted octanol–water partition coefficient (Wildman–Crippen LogP) is -1.91. The molecular weight excluding hydrogens is 440 g/mol. The lowest BCUT2D eigenvalue weighted by Gasteiger charge is -2.47. The Morgan fingerprint density at radius 3 is 1.91 bits per heavy atom. The van der Waals surface area contributed by atoms with Gasteiger partial charge in [0.05, 0.1) is 19.3 Å². The van der Waals surface area contributed by atoms with E-state index in [9.17, 15) is 35.7 Å². The van der Waals surface area contributed by atoms with E-state index in [0.717, 1.165) is 19.3 Å². The first-order chi connectivity index (χ1) is 15.6. The Hall–Kier alpha value is -0.440. The Morgan fingerprint density at radius 2 is 1.33 bits per heavy atom. The van der Waals surface area contributed by atoms with Crippen molar-refractivity contribution >= 4 is 0 Å². The van der Waals surface area contributed by atoms with Crippen LogP contribution in [0.2, 0.25) is 0 Å². The normalized spacial score (nSPS) is 49.4. The monoisotopic (exact) mass is 480 g/mol. The molecule has 0 bridgehead atoms. The minimum Gasteiger partial charge on any atom is -0.394 e. The summed E-state index contributed by atoms with van der Waals surface area (Å²) >= 11 is 0. The number of rotatable bonds is 7. The van der Waals surface area contributed by atoms with E-state index in [1.54, 1.807) is 0 Å². The summed E-state index contributed by atoms with van der Waals surface area (Å²) in [4.78, 5) is 0. The maximum atomic E-state index is 10.8. The zero-order valence-electron chi connectivity index (χ0n) is 19.4. The average Bonchev–Trinajstić information content (AvgIpc) is 2.78. The van der Waals surface area contributed by atoms with Crippen LogP contribution in [0.25, 0.3) is 0 Å². The van der Waals surface area contributed by atoms with Crippen molar-refractivity contribution in [1.82, 2.24) is 0 Å². The van der Waals surface area contributed by atoms with Crippen molar-refractivity contribution in [3.05, 3.63) is 0 Å². The molecule has 3 aliphatic rings. The Balaban J connectivity index is 1.81. The summed E-state index contributed by atoms with van der Waals surface area (Å²) in [6, 6.07) is 0. The van der Waals surface area contributed by atoms with E-state index in [4.69, 9.17) is 18.9 Å². The number of hydrogen-bond acceptors (Lipinski definition) is 11. The topological polar surface area (TPSA) is 179 Å². The molecule has 0 radical (unpaired) electrons. The molecule has 7 N–H and O–H groups in total. The molecule has 2 heterocycles. The third-order valence-corrected chi connectivity index (χ3v) is 7.23. The molecule has 2 saturated heterocycles. The maximum Gasteiger partial charge on any atom is 0.187 e. The molecule has 11 heteroatoms. The molecule has 0 aromatic rings. The van der Waals surface area contributed by atoms with Gasteiger partial charge in [0.15, 0.2) is 12.6 Å². The van der Waals surface area contributed by atoms with Crippen molar-refractivity contribution in [3.8, 4) is 0 Å². The second-order valence-corrected chi connectivity index (χ2v) is 10.0. The minimum absolute atomic E-state index is 0.221. The van der Waals surface area contributed by atoms with Gasteiger partial charge < -0.3 is 54.7 Å². The second kappa shape index (κ2) is 11.5. The lowest BCUT2D eigenvalue weighted by molar-refractivity contribution is -0.374. The fraction of sp³-hybridized carbons (Fsp3) is 1.00. The molecule has 1 saturated carbocycles. The van der Waals surface area contributed by atoms with Crippen molar-refractivity contribution in [2.75, 3.05) is 13.2 Å². The SMILES string of the molecule is CC(C)[C@@H]1CC[C@@H](C)C[C@H]1O[C@@H]1O[C@@H](CO)[C@H](O)[C@@H](O)[C@@H]1O[C@@H]1O[C@@H](CO)[C@H](O)[C@@H](O)[C@@H]1O. The number of hydrogen-bond donors (Lipinski definition) is 7. The molecule has 11 nitrogen and oxygen atoms in total. The molecule has 0 unspecified atom stereocenters. The van der Waals surface area contributed by atoms with Crippen LogP contribution in [0, 0.1) is 17.8 Å². The summed E-state index contributed by atoms with van der Waals surface area (Å²) in [7, 11) is 0. The van der Waals surface area contributed by atoms with E-state index in [0.29, 0.717) is 11.8 Å². The van der Waals surface area contributed by atoms with Gasteiger partial charge in [-0.3, -0.25) is 0 Å². The van der Waals surface area contributed by atoms with Gasteiger partial charge in [-0.05, 0) is 30.6 Å². The van der Waals surface area contributed by atoms with Crippen LogP contribution in [-0.2, 0) is 18.9 Å². The smallest absolute Gasteiger partial charge is 0.187 e. The molecule has 0 aromatic carbocycles. The summed E-state index contributed by atoms with van der Waals surface area (Å²) in [6.07, 6.45) is -11.8. The fourth-order valence-corrected chi connectivity index (χ4v) is 5.09. The molecule has 1 aliphatic carbocycles. The van der Waals surface area contributed by atoms with Crippen LogP contribution < -0.4 is 0 Å². The van der Waals surface area contributed by atoms with E-state index < -0.39 is 74.6 Å². The molecule has 194 valence electrons. The first kappa shape index (κ1) is 27.2. The summed E-state index contributed by atoms with van der Waals surface area (Å²) in [6.45, 7) is 5.15. The minimum atomic E-state index is -1.69. The quantitative estimate of drug-likeness (QED) is 0.216. The molecule has 33 heavy (non-hydrogen) atoms. The van der Waals surface area contributed by atoms with Gasteiger partial charge in [-0.25, -0.2) is 0 Å². The molecule has 13 atom stereocenters. The van der Waals surface area contributed by atoms with Crippen LogP contribution in [-0.4, -0.2) is 116 Å². The summed E-state index contributed by atoms with van der Waals surface area (Å²) in [5, 5.41) is 70.6. The van der Waals surface area contributed by atoms with E-state index >= 15 is 0 Å². The Bertz CT molecular complexity index is 605. The standard InChI is InChI=1S/C22H40O11/c1-9(2)11-5-4-10(3)6-12(11)30-22-20(18(28)16(26)14(8-24)32-22)33-21-19(29)17(27)15(25)13(7-23)31-21/h9-29H,4-8H2,1-3H3/t10-,11+,12-,13+,14+,15+,16+,17-,18-,19+,20+,21+,22-/m1/s1. The molecule has 0 aromatic heterocycles. The number of ether oxygens (including phenoxy) is 4. The van der Waals surface area contributed by atoms with Crippen LogP contribution in [0.3, 0.4) is 0 Å². The van der Waals surface area contributed by atoms with Crippen LogP contribution >= 0.6 is 0 Å². The third-order valence-electron chi connectivity index (χ3n) is 7.23. The third kappa shape index (κ3) is 5.87. The van der Waals surface area contributed by atoms with Gasteiger partial charge in [0, 0.05) is 0 Å². The lowest BCUT2D eigenvalue weighted by Crippen LogP contribution is -2.65. The highest BCUT2D eigenvalue weighted by atomic mass is 16.8. The highest BCUT2D eigenvalue weighted by molar-refractivity contribution is 4.94. The maximum absolute atomic E-state index is 10.8. The summed E-state index contributed by atoms with van der Waals surface area (Å²) in [5.41, 5.74) is 0. The van der Waals surface area contributed by atoms with Gasteiger partial charge in [0.1, 0.15) is 48.8 Å². The Kier molecular flexibility index (Phi) is 9.49. The zero-order chi connectivity index (χ0) is 24.4. The van der Waals surface area contributed by atoms with Gasteiger partial charge in [-0.15, -0.1) is 0 Å². The van der Waals surface area contributed by atoms with Crippen LogP contribution in [0.1, 0.15) is 40.0 Å². The van der Waals surface area contributed by atoms with Crippen LogP contribution in [0.5, 0.6) is 0 Å². The zero-order valence-corrected chi connectivity index (χ0v) is 19.4. The molecule has 0 spiro atoms. The van der Waals surface area contributed by atoms with E-state index in [2.05, 4.69) is 20.8 Å². The van der Waals surface area contributed by atoms with E-state index in [1.807, 2.05) is 0 Å². The molecule has 3 rings (SSSR count). The van der Waals surface area contributed by atoms with Crippen molar-refractivity contribution in [1.29, 1.82) is 0 Å². The summed E-state index contributed by atoms with van der Waals surface area (Å²) in [5.74, 6) is 0.983. The van der Waals surface area contributed by atoms with Crippen molar-refractivity contribution in [3.63, 3.8) is 0 Å². The molecule has 3 fully saturated rings. The lowest BCUT2D eigenvalue weighted by atomic mass is 9.75. The second-order valence-electron chi connectivity index (χ2n) is 10.0. The van der Waals surface area contributed by atoms with Gasteiger partial charge in [0.25, 0.3) is 0 Å². The van der Waals surface area contributed by atoms with Crippen molar-refractivity contribution in [2.24, 2.45) is 17.8 Å². The van der Waals surface area contributed by atoms with E-state index in [-0.39, 0.29) is 12.0 Å². The van der Waals surface area contributed by atoms with Crippen molar-refractivity contribution < 1.29 is 54.7 Å². The van der Waals surface area contributed by atoms with E-state index in [1.165, 1.54) is 0 Å². The first-order valence-electron chi connectivity index (χ1n) is 11.8. The van der Waals surface area contributed by atoms with Crippen LogP contribution in [0.4, 0.5) is 0 Å². The van der Waals surface area contributed by atoms with Gasteiger partial charge >= 0.3 is 0 Å². The number of aliphatic hydroxyl groups excluding tert-OH is 7.